The number of nitrogens with one attached hydrogen (secondary N) is 3. The van der Waals surface area contributed by atoms with Crippen LogP contribution >= 0.6 is 11.3 Å². The minimum absolute atomic E-state index is 0.0121. The molecular formula is C44H52F3N7O7S2. The number of ether oxygens (including phenoxy) is 2. The molecule has 1 saturated carbocycles. The van der Waals surface area contributed by atoms with Gasteiger partial charge in [-0.1, -0.05) is 38.8 Å². The van der Waals surface area contributed by atoms with E-state index >= 15 is 0 Å². The van der Waals surface area contributed by atoms with Crippen LogP contribution in [0.25, 0.3) is 21.6 Å². The molecule has 2 aliphatic heterocycles. The number of hydrogen-bond acceptors (Lipinski definition) is 11. The Kier molecular flexibility index (Phi) is 13.1. The molecule has 14 nitrogen and oxygen atoms in total. The van der Waals surface area contributed by atoms with E-state index in [0.717, 1.165) is 34.1 Å². The Labute approximate surface area is 368 Å². The number of fused-ring (bicyclic) bond motifs is 3. The third-order valence-electron chi connectivity index (χ3n) is 11.9. The highest BCUT2D eigenvalue weighted by Crippen LogP contribution is 2.46. The summed E-state index contributed by atoms with van der Waals surface area (Å²) in [6, 6.07) is 7.70. The number of alkyl halides is 3. The van der Waals surface area contributed by atoms with Crippen LogP contribution in [0.3, 0.4) is 0 Å². The topological polar surface area (TPSA) is 172 Å². The van der Waals surface area contributed by atoms with Crippen LogP contribution < -0.4 is 24.8 Å². The SMILES string of the molecule is COc1ccc2c(O[C@@H]3C[C@H]4C(=O)N[C@]5(C(=O)NS(=O)(=O)N(C)C)C[C@@H]5/C=C\CCCCC[C@H](Nc5ccc(C(F)(F)F)cc5)C(=O)N4C3)cc(-c3nc(C(C)C)cs3)nc2c1C. The number of halogens is 3. The molecule has 4 aromatic rings. The number of amides is 3. The van der Waals surface area contributed by atoms with Gasteiger partial charge in [0.15, 0.2) is 0 Å². The number of benzene rings is 2. The summed E-state index contributed by atoms with van der Waals surface area (Å²) in [6.07, 6.45) is 1.50. The maximum Gasteiger partial charge on any atom is 0.416 e. The van der Waals surface area contributed by atoms with E-state index in [2.05, 4.69) is 29.2 Å². The maximum atomic E-state index is 14.9. The molecule has 338 valence electrons. The van der Waals surface area contributed by atoms with Crippen molar-refractivity contribution in [1.82, 2.24) is 29.2 Å². The number of nitrogens with zero attached hydrogens (tertiary/aromatic N) is 4. The number of aromatic nitrogens is 2. The summed E-state index contributed by atoms with van der Waals surface area (Å²) < 4.78 is 81.4. The molecule has 0 spiro atoms. The zero-order chi connectivity index (χ0) is 45.4. The normalized spacial score (nSPS) is 24.0. The van der Waals surface area contributed by atoms with Gasteiger partial charge in [-0.2, -0.15) is 25.9 Å². The van der Waals surface area contributed by atoms with E-state index < -0.39 is 69.3 Å². The van der Waals surface area contributed by atoms with Gasteiger partial charge in [-0.05, 0) is 74.9 Å². The first-order valence-corrected chi connectivity index (χ1v) is 23.2. The number of thiazole rings is 1. The van der Waals surface area contributed by atoms with Crippen molar-refractivity contribution in [2.45, 2.75) is 102 Å². The molecule has 3 aliphatic rings. The molecule has 0 unspecified atom stereocenters. The molecule has 2 fully saturated rings. The summed E-state index contributed by atoms with van der Waals surface area (Å²) in [7, 11) is -0.106. The Balaban J connectivity index is 1.26. The average molecular weight is 912 g/mol. The smallest absolute Gasteiger partial charge is 0.416 e. The zero-order valence-electron chi connectivity index (χ0n) is 35.9. The van der Waals surface area contributed by atoms with Gasteiger partial charge in [0, 0.05) is 54.5 Å². The first-order valence-electron chi connectivity index (χ1n) is 20.9. The molecule has 1 saturated heterocycles. The van der Waals surface area contributed by atoms with E-state index in [1.54, 1.807) is 19.2 Å². The van der Waals surface area contributed by atoms with Gasteiger partial charge in [0.1, 0.15) is 45.9 Å². The Morgan fingerprint density at radius 3 is 2.48 bits per heavy atom. The predicted molar refractivity (Wildman–Crippen MR) is 234 cm³/mol. The van der Waals surface area contributed by atoms with Gasteiger partial charge >= 0.3 is 16.4 Å². The number of carbonyl (C=O) groups is 3. The number of rotatable bonds is 10. The summed E-state index contributed by atoms with van der Waals surface area (Å²) >= 11 is 1.45. The quantitative estimate of drug-likeness (QED) is 0.141. The molecular weight excluding hydrogens is 860 g/mol. The summed E-state index contributed by atoms with van der Waals surface area (Å²) in [5.74, 6) is -1.36. The number of methoxy groups -OCH3 is 1. The molecule has 19 heteroatoms. The first-order chi connectivity index (χ1) is 29.8. The van der Waals surface area contributed by atoms with Crippen molar-refractivity contribution in [2.24, 2.45) is 5.92 Å². The van der Waals surface area contributed by atoms with Gasteiger partial charge in [0.05, 0.1) is 30.4 Å². The fourth-order valence-corrected chi connectivity index (χ4v) is 9.62. The Morgan fingerprint density at radius 2 is 1.81 bits per heavy atom. The van der Waals surface area contributed by atoms with Gasteiger partial charge in [-0.3, -0.25) is 14.4 Å². The number of pyridine rings is 1. The predicted octanol–water partition coefficient (Wildman–Crippen LogP) is 6.96. The lowest BCUT2D eigenvalue weighted by Crippen LogP contribution is -2.58. The molecule has 2 aromatic heterocycles. The van der Waals surface area contributed by atoms with Crippen LogP contribution in [-0.2, 0) is 30.8 Å². The summed E-state index contributed by atoms with van der Waals surface area (Å²) in [6.45, 7) is 5.92. The van der Waals surface area contributed by atoms with Crippen LogP contribution in [0.5, 0.6) is 11.5 Å². The first kappa shape index (κ1) is 45.7. The van der Waals surface area contributed by atoms with Crippen molar-refractivity contribution >= 4 is 55.9 Å². The van der Waals surface area contributed by atoms with Crippen molar-refractivity contribution in [1.29, 1.82) is 0 Å². The van der Waals surface area contributed by atoms with E-state index in [0.29, 0.717) is 58.8 Å². The van der Waals surface area contributed by atoms with Crippen LogP contribution in [0.2, 0.25) is 0 Å². The molecule has 3 N–H and O–H groups in total. The van der Waals surface area contributed by atoms with Crippen LogP contribution in [0.4, 0.5) is 18.9 Å². The lowest BCUT2D eigenvalue weighted by atomic mass is 10.0. The van der Waals surface area contributed by atoms with Gasteiger partial charge < -0.3 is 25.0 Å². The van der Waals surface area contributed by atoms with Gasteiger partial charge in [0.25, 0.3) is 5.91 Å². The van der Waals surface area contributed by atoms with Crippen molar-refractivity contribution in [3.05, 3.63) is 76.8 Å². The number of anilines is 1. The molecule has 0 radical (unpaired) electrons. The monoisotopic (exact) mass is 911 g/mol. The zero-order valence-corrected chi connectivity index (χ0v) is 37.5. The van der Waals surface area contributed by atoms with E-state index in [1.165, 1.54) is 42.5 Å². The maximum absolute atomic E-state index is 14.9. The Morgan fingerprint density at radius 1 is 1.06 bits per heavy atom. The largest absolute Gasteiger partial charge is 0.496 e. The molecule has 5 atom stereocenters. The van der Waals surface area contributed by atoms with Crippen LogP contribution in [0, 0.1) is 12.8 Å². The molecule has 63 heavy (non-hydrogen) atoms. The number of aryl methyl sites for hydroxylation is 1. The van der Waals surface area contributed by atoms with E-state index in [9.17, 15) is 36.0 Å². The fraction of sp³-hybridized carbons (Fsp3) is 0.477. The highest BCUT2D eigenvalue weighted by Gasteiger charge is 2.61. The molecule has 2 aromatic carbocycles. The van der Waals surface area contributed by atoms with Crippen LogP contribution in [-0.4, -0.2) is 96.8 Å². The van der Waals surface area contributed by atoms with Crippen molar-refractivity contribution in [3.8, 4) is 22.2 Å². The third kappa shape index (κ3) is 9.79. The highest BCUT2D eigenvalue weighted by atomic mass is 32.2. The Hall–Kier alpha value is -5.27. The summed E-state index contributed by atoms with van der Waals surface area (Å²) in [5.41, 5.74) is 0.679. The standard InChI is InChI=1S/C44H52F3N7O7S2/c1-25(2)34-24-62-40(50-34)33-21-37(31-18-19-36(60-6)26(3)38(31)49-33)61-30-20-35-39(55)51-43(42(57)52-63(58,59)53(4)5)22-28(43)12-10-8-7-9-11-13-32(41(56)54(35)23-30)48-29-16-14-27(15-17-29)44(45,46)47/h10,12,14-19,21,24-25,28,30,32,35,48H,7-9,11,13,20,22-23H2,1-6H3,(H,51,55)(H,52,57)/b12-10-/t28-,30+,32-,35-,43+/m0/s1. The van der Waals surface area contributed by atoms with Gasteiger partial charge in [-0.25, -0.2) is 14.7 Å². The lowest BCUT2D eigenvalue weighted by molar-refractivity contribution is -0.140. The molecule has 3 amide bonds. The fourth-order valence-electron chi connectivity index (χ4n) is 8.08. The van der Waals surface area contributed by atoms with E-state index in [4.69, 9.17) is 19.4 Å². The minimum atomic E-state index is -4.55. The molecule has 0 bridgehead atoms. The third-order valence-corrected chi connectivity index (χ3v) is 14.2. The second-order valence-electron chi connectivity index (χ2n) is 16.8. The van der Waals surface area contributed by atoms with Gasteiger partial charge in [-0.15, -0.1) is 11.3 Å². The van der Waals surface area contributed by atoms with E-state index in [-0.39, 0.29) is 31.0 Å². The second kappa shape index (κ2) is 18.1. The van der Waals surface area contributed by atoms with Crippen LogP contribution in [0.1, 0.15) is 81.5 Å². The molecule has 7 rings (SSSR count). The van der Waals surface area contributed by atoms with Crippen LogP contribution in [0.15, 0.2) is 60.0 Å². The minimum Gasteiger partial charge on any atom is -0.496 e. The molecule has 1 aliphatic carbocycles. The summed E-state index contributed by atoms with van der Waals surface area (Å²) in [4.78, 5) is 54.6. The van der Waals surface area contributed by atoms with Crippen molar-refractivity contribution < 1.29 is 45.4 Å². The average Bonchev–Trinajstić information content (AvgIpc) is 3.51. The highest BCUT2D eigenvalue weighted by molar-refractivity contribution is 7.87. The Bertz CT molecular complexity index is 2510. The number of allylic oxidation sites excluding steroid dienone is 1. The number of hydrogen-bond donors (Lipinski definition) is 3. The lowest BCUT2D eigenvalue weighted by Gasteiger charge is -2.30. The number of carbonyl (C=O) groups excluding carboxylic acids is 3. The summed E-state index contributed by atoms with van der Waals surface area (Å²) in [5, 5.41) is 9.31. The van der Waals surface area contributed by atoms with Crippen molar-refractivity contribution in [3.63, 3.8) is 0 Å². The second-order valence-corrected chi connectivity index (χ2v) is 19.6. The van der Waals surface area contributed by atoms with E-state index in [1.807, 2.05) is 30.5 Å². The van der Waals surface area contributed by atoms with Gasteiger partial charge in [0.2, 0.25) is 11.8 Å². The van der Waals surface area contributed by atoms with Crippen molar-refractivity contribution in [2.75, 3.05) is 33.1 Å². The molecule has 4 heterocycles.